The summed E-state index contributed by atoms with van der Waals surface area (Å²) in [6.45, 7) is 1.35. The van der Waals surface area contributed by atoms with Crippen molar-refractivity contribution in [3.05, 3.63) is 0 Å². The van der Waals surface area contributed by atoms with E-state index < -0.39 is 30.6 Å². The number of carbonyl (C=O) groups excluding carboxylic acids is 1. The number of ether oxygens (including phenoxy) is 3. The molecule has 0 unspecified atom stereocenters. The number of carbonyl (C=O) groups is 1. The van der Waals surface area contributed by atoms with Crippen molar-refractivity contribution in [2.75, 3.05) is 13.7 Å². The van der Waals surface area contributed by atoms with Gasteiger partial charge in [-0.2, -0.15) is 0 Å². The lowest BCUT2D eigenvalue weighted by Crippen LogP contribution is -2.50. The molecule has 1 rings (SSSR count). The van der Waals surface area contributed by atoms with Crippen molar-refractivity contribution in [2.24, 2.45) is 0 Å². The predicted octanol–water partition coefficient (Wildman–Crippen LogP) is -0.967. The van der Waals surface area contributed by atoms with Crippen LogP contribution in [0, 0.1) is 0 Å². The Labute approximate surface area is 87.7 Å². The molecule has 0 aromatic heterocycles. The molecular formula is C9H16O6. The van der Waals surface area contributed by atoms with Crippen LogP contribution in [-0.2, 0) is 19.0 Å². The molecule has 0 aliphatic carbocycles. The number of aliphatic hydroxyl groups is 2. The third-order valence-electron chi connectivity index (χ3n) is 2.21. The van der Waals surface area contributed by atoms with Crippen LogP contribution in [0.1, 0.15) is 13.3 Å². The largest absolute Gasteiger partial charge is 0.463 e. The SMILES string of the molecule is CO[C@@H]1O[C@H](COC(C)=O)C[C@@H](O)[C@H]1O. The standard InChI is InChI=1S/C9H16O6/c1-5(10)14-4-6-3-7(11)8(12)9(13-2)15-6/h6-9,11-12H,3-4H2,1-2H3/t6-,7+,8+,9+/m0/s1. The summed E-state index contributed by atoms with van der Waals surface area (Å²) >= 11 is 0. The van der Waals surface area contributed by atoms with Gasteiger partial charge in [0.05, 0.1) is 12.2 Å². The molecule has 0 bridgehead atoms. The van der Waals surface area contributed by atoms with Gasteiger partial charge in [-0.15, -0.1) is 0 Å². The van der Waals surface area contributed by atoms with Crippen molar-refractivity contribution in [3.8, 4) is 0 Å². The molecule has 1 saturated heterocycles. The zero-order valence-corrected chi connectivity index (χ0v) is 8.75. The van der Waals surface area contributed by atoms with Gasteiger partial charge in [-0.1, -0.05) is 0 Å². The van der Waals surface area contributed by atoms with Gasteiger partial charge in [-0.05, 0) is 0 Å². The number of hydrogen-bond acceptors (Lipinski definition) is 6. The summed E-state index contributed by atoms with van der Waals surface area (Å²) < 4.78 is 14.8. The Morgan fingerprint density at radius 1 is 1.53 bits per heavy atom. The Morgan fingerprint density at radius 3 is 2.73 bits per heavy atom. The summed E-state index contributed by atoms with van der Waals surface area (Å²) in [5.74, 6) is -0.409. The lowest BCUT2D eigenvalue weighted by atomic mass is 10.0. The maximum atomic E-state index is 10.6. The van der Waals surface area contributed by atoms with Crippen LogP contribution in [0.25, 0.3) is 0 Å². The van der Waals surface area contributed by atoms with Gasteiger partial charge in [0.1, 0.15) is 12.7 Å². The fourth-order valence-electron chi connectivity index (χ4n) is 1.43. The predicted molar refractivity (Wildman–Crippen MR) is 48.9 cm³/mol. The van der Waals surface area contributed by atoms with Crippen LogP contribution in [0.4, 0.5) is 0 Å². The minimum absolute atomic E-state index is 0.0545. The summed E-state index contributed by atoms with van der Waals surface area (Å²) in [5, 5.41) is 18.9. The molecule has 0 amide bonds. The van der Waals surface area contributed by atoms with E-state index in [0.29, 0.717) is 0 Å². The zero-order valence-electron chi connectivity index (χ0n) is 8.75. The first-order valence-corrected chi connectivity index (χ1v) is 4.72. The van der Waals surface area contributed by atoms with Gasteiger partial charge >= 0.3 is 5.97 Å². The minimum atomic E-state index is -1.07. The van der Waals surface area contributed by atoms with Gasteiger partial charge in [-0.25, -0.2) is 0 Å². The summed E-state index contributed by atoms with van der Waals surface area (Å²) in [7, 11) is 1.37. The van der Waals surface area contributed by atoms with Crippen LogP contribution in [0.15, 0.2) is 0 Å². The van der Waals surface area contributed by atoms with E-state index >= 15 is 0 Å². The molecule has 0 aromatic carbocycles. The molecule has 0 saturated carbocycles. The van der Waals surface area contributed by atoms with Crippen LogP contribution in [0.2, 0.25) is 0 Å². The first-order chi connectivity index (χ1) is 7.04. The Balaban J connectivity index is 2.44. The summed E-state index contributed by atoms with van der Waals surface area (Å²) in [6, 6.07) is 0. The van der Waals surface area contributed by atoms with Crippen LogP contribution in [0.3, 0.4) is 0 Å². The van der Waals surface area contributed by atoms with E-state index in [2.05, 4.69) is 0 Å². The van der Waals surface area contributed by atoms with Crippen molar-refractivity contribution in [1.29, 1.82) is 0 Å². The maximum Gasteiger partial charge on any atom is 0.302 e. The highest BCUT2D eigenvalue weighted by molar-refractivity contribution is 5.65. The highest BCUT2D eigenvalue weighted by atomic mass is 16.7. The van der Waals surface area contributed by atoms with E-state index in [1.54, 1.807) is 0 Å². The molecule has 1 aliphatic rings. The highest BCUT2D eigenvalue weighted by Crippen LogP contribution is 2.21. The number of hydrogen-bond donors (Lipinski definition) is 2. The summed E-state index contributed by atoms with van der Waals surface area (Å²) in [4.78, 5) is 10.6. The fraction of sp³-hybridized carbons (Fsp3) is 0.889. The normalized spacial score (nSPS) is 36.3. The average Bonchev–Trinajstić information content (AvgIpc) is 2.19. The van der Waals surface area contributed by atoms with Crippen molar-refractivity contribution >= 4 is 5.97 Å². The van der Waals surface area contributed by atoms with Gasteiger partial charge in [0.2, 0.25) is 0 Å². The molecule has 2 N–H and O–H groups in total. The second-order valence-corrected chi connectivity index (χ2v) is 3.46. The molecule has 0 radical (unpaired) electrons. The second-order valence-electron chi connectivity index (χ2n) is 3.46. The Morgan fingerprint density at radius 2 is 2.20 bits per heavy atom. The van der Waals surface area contributed by atoms with Gasteiger partial charge in [0.15, 0.2) is 6.29 Å². The molecule has 88 valence electrons. The van der Waals surface area contributed by atoms with E-state index in [4.69, 9.17) is 14.2 Å². The zero-order chi connectivity index (χ0) is 11.4. The second kappa shape index (κ2) is 5.41. The third-order valence-corrected chi connectivity index (χ3v) is 2.21. The van der Waals surface area contributed by atoms with Crippen LogP contribution < -0.4 is 0 Å². The van der Waals surface area contributed by atoms with Gasteiger partial charge in [-0.3, -0.25) is 4.79 Å². The number of rotatable bonds is 3. The lowest BCUT2D eigenvalue weighted by Gasteiger charge is -2.35. The Hall–Kier alpha value is -0.690. The van der Waals surface area contributed by atoms with Gasteiger partial charge in [0, 0.05) is 20.5 Å². The topological polar surface area (TPSA) is 85.2 Å². The smallest absolute Gasteiger partial charge is 0.302 e. The molecule has 0 spiro atoms. The monoisotopic (exact) mass is 220 g/mol. The fourth-order valence-corrected chi connectivity index (χ4v) is 1.43. The maximum absolute atomic E-state index is 10.6. The van der Waals surface area contributed by atoms with E-state index in [-0.39, 0.29) is 13.0 Å². The molecule has 4 atom stereocenters. The molecule has 6 heteroatoms. The minimum Gasteiger partial charge on any atom is -0.463 e. The Kier molecular flexibility index (Phi) is 4.46. The summed E-state index contributed by atoms with van der Waals surface area (Å²) in [6.07, 6.45) is -3.10. The van der Waals surface area contributed by atoms with Crippen LogP contribution in [0.5, 0.6) is 0 Å². The molecule has 1 aliphatic heterocycles. The Bertz CT molecular complexity index is 219. The molecule has 1 heterocycles. The highest BCUT2D eigenvalue weighted by Gasteiger charge is 2.37. The molecule has 1 fully saturated rings. The van der Waals surface area contributed by atoms with Crippen molar-refractivity contribution < 1.29 is 29.2 Å². The lowest BCUT2D eigenvalue weighted by molar-refractivity contribution is -0.263. The first kappa shape index (κ1) is 12.4. The van der Waals surface area contributed by atoms with E-state index in [1.807, 2.05) is 0 Å². The van der Waals surface area contributed by atoms with Crippen molar-refractivity contribution in [2.45, 2.75) is 37.9 Å². The molecule has 6 nitrogen and oxygen atoms in total. The molecule has 15 heavy (non-hydrogen) atoms. The first-order valence-electron chi connectivity index (χ1n) is 4.72. The number of esters is 1. The quantitative estimate of drug-likeness (QED) is 0.595. The van der Waals surface area contributed by atoms with Crippen molar-refractivity contribution in [3.63, 3.8) is 0 Å². The van der Waals surface area contributed by atoms with Crippen LogP contribution >= 0.6 is 0 Å². The van der Waals surface area contributed by atoms with E-state index in [1.165, 1.54) is 14.0 Å². The summed E-state index contributed by atoms with van der Waals surface area (Å²) in [5.41, 5.74) is 0. The van der Waals surface area contributed by atoms with E-state index in [9.17, 15) is 15.0 Å². The molecular weight excluding hydrogens is 204 g/mol. The van der Waals surface area contributed by atoms with Gasteiger partial charge < -0.3 is 24.4 Å². The average molecular weight is 220 g/mol. The van der Waals surface area contributed by atoms with Crippen molar-refractivity contribution in [1.82, 2.24) is 0 Å². The third kappa shape index (κ3) is 3.42. The van der Waals surface area contributed by atoms with Crippen LogP contribution in [-0.4, -0.2) is 54.5 Å². The number of aliphatic hydroxyl groups excluding tert-OH is 2. The van der Waals surface area contributed by atoms with E-state index in [0.717, 1.165) is 0 Å². The molecule has 0 aromatic rings. The van der Waals surface area contributed by atoms with Gasteiger partial charge in [0.25, 0.3) is 0 Å². The number of methoxy groups -OCH3 is 1.